The Morgan fingerprint density at radius 3 is 2.19 bits per heavy atom. The lowest BCUT2D eigenvalue weighted by atomic mass is 9.96. The van der Waals surface area contributed by atoms with Crippen LogP contribution in [0.15, 0.2) is 36.4 Å². The molecule has 0 aliphatic rings. The molecule has 2 rings (SSSR count). The Hall–Kier alpha value is -1.30. The van der Waals surface area contributed by atoms with Crippen molar-refractivity contribution >= 4 is 23.2 Å². The van der Waals surface area contributed by atoms with Gasteiger partial charge in [-0.15, -0.1) is 0 Å². The molecule has 0 saturated heterocycles. The summed E-state index contributed by atoms with van der Waals surface area (Å²) in [6.45, 7) is 0. The van der Waals surface area contributed by atoms with Crippen LogP contribution in [0.2, 0.25) is 10.0 Å². The first-order valence-electron chi connectivity index (χ1n) is 5.70. The van der Waals surface area contributed by atoms with Crippen molar-refractivity contribution in [1.82, 2.24) is 0 Å². The molecule has 2 aromatic rings. The van der Waals surface area contributed by atoms with Gasteiger partial charge in [-0.2, -0.15) is 13.2 Å². The zero-order valence-electron chi connectivity index (χ0n) is 10.3. The molecule has 0 amide bonds. The molecule has 0 heterocycles. The van der Waals surface area contributed by atoms with E-state index in [1.165, 1.54) is 18.2 Å². The van der Waals surface area contributed by atoms with E-state index in [9.17, 15) is 22.7 Å². The molecule has 2 aromatic carbocycles. The topological polar surface area (TPSA) is 20.2 Å². The molecule has 1 N–H and O–H groups in total. The lowest BCUT2D eigenvalue weighted by Crippen LogP contribution is -2.13. The van der Waals surface area contributed by atoms with Gasteiger partial charge in [0.25, 0.3) is 0 Å². The molecule has 0 spiro atoms. The van der Waals surface area contributed by atoms with Gasteiger partial charge in [0, 0.05) is 0 Å². The highest BCUT2D eigenvalue weighted by molar-refractivity contribution is 6.42. The number of benzene rings is 2. The predicted octanol–water partition coefficient (Wildman–Crippen LogP) is 5.23. The third-order valence-electron chi connectivity index (χ3n) is 2.87. The maximum Gasteiger partial charge on any atom is 0.416 e. The number of hydrogen-bond donors (Lipinski definition) is 1. The average molecular weight is 339 g/mol. The van der Waals surface area contributed by atoms with E-state index in [2.05, 4.69) is 0 Å². The standard InChI is InChI=1S/C14H8Cl2F4O/c15-11-4-1-7(5-12(11)16)13(21)9-3-2-8(17)6-10(9)14(18,19)20/h1-6,13,21H. The van der Waals surface area contributed by atoms with E-state index in [1.54, 1.807) is 0 Å². The fraction of sp³-hybridized carbons (Fsp3) is 0.143. The van der Waals surface area contributed by atoms with E-state index in [4.69, 9.17) is 23.2 Å². The lowest BCUT2D eigenvalue weighted by Gasteiger charge is -2.18. The highest BCUT2D eigenvalue weighted by Gasteiger charge is 2.35. The third kappa shape index (κ3) is 3.48. The highest BCUT2D eigenvalue weighted by Crippen LogP contribution is 2.38. The Morgan fingerprint density at radius 2 is 1.62 bits per heavy atom. The number of rotatable bonds is 2. The van der Waals surface area contributed by atoms with Crippen LogP contribution in [-0.4, -0.2) is 5.11 Å². The molecule has 1 nitrogen and oxygen atoms in total. The molecule has 0 saturated carbocycles. The fourth-order valence-electron chi connectivity index (χ4n) is 1.87. The van der Waals surface area contributed by atoms with Crippen LogP contribution in [0.5, 0.6) is 0 Å². The molecule has 7 heteroatoms. The van der Waals surface area contributed by atoms with Gasteiger partial charge >= 0.3 is 6.18 Å². The van der Waals surface area contributed by atoms with Crippen molar-refractivity contribution in [3.63, 3.8) is 0 Å². The number of halogens is 6. The van der Waals surface area contributed by atoms with Crippen LogP contribution in [0, 0.1) is 5.82 Å². The van der Waals surface area contributed by atoms with E-state index in [-0.39, 0.29) is 15.6 Å². The second kappa shape index (κ2) is 5.83. The van der Waals surface area contributed by atoms with Crippen LogP contribution >= 0.6 is 23.2 Å². The Labute approximate surface area is 127 Å². The van der Waals surface area contributed by atoms with Crippen molar-refractivity contribution < 1.29 is 22.7 Å². The van der Waals surface area contributed by atoms with Crippen molar-refractivity contribution in [2.24, 2.45) is 0 Å². The molecule has 0 radical (unpaired) electrons. The average Bonchev–Trinajstić information content (AvgIpc) is 2.40. The summed E-state index contributed by atoms with van der Waals surface area (Å²) in [4.78, 5) is 0. The van der Waals surface area contributed by atoms with E-state index < -0.39 is 29.2 Å². The second-order valence-corrected chi connectivity index (χ2v) is 5.12. The molecular weight excluding hydrogens is 331 g/mol. The van der Waals surface area contributed by atoms with Crippen molar-refractivity contribution in [3.05, 3.63) is 69.0 Å². The van der Waals surface area contributed by atoms with Gasteiger partial charge in [0.05, 0.1) is 15.6 Å². The van der Waals surface area contributed by atoms with Crippen LogP contribution in [0.1, 0.15) is 22.8 Å². The molecule has 0 aromatic heterocycles. The molecular formula is C14H8Cl2F4O. The van der Waals surface area contributed by atoms with Gasteiger partial charge in [-0.05, 0) is 35.4 Å². The van der Waals surface area contributed by atoms with Crippen LogP contribution in [-0.2, 0) is 6.18 Å². The number of alkyl halides is 3. The predicted molar refractivity (Wildman–Crippen MR) is 71.9 cm³/mol. The molecule has 1 atom stereocenters. The Bertz CT molecular complexity index is 671. The first-order chi connectivity index (χ1) is 9.70. The molecule has 0 fully saturated rings. The van der Waals surface area contributed by atoms with E-state index in [0.717, 1.165) is 12.1 Å². The van der Waals surface area contributed by atoms with Gasteiger partial charge in [0.15, 0.2) is 0 Å². The van der Waals surface area contributed by atoms with Gasteiger partial charge in [0.1, 0.15) is 11.9 Å². The van der Waals surface area contributed by atoms with E-state index >= 15 is 0 Å². The van der Waals surface area contributed by atoms with Gasteiger partial charge in [-0.25, -0.2) is 4.39 Å². The highest BCUT2D eigenvalue weighted by atomic mass is 35.5. The van der Waals surface area contributed by atoms with Crippen LogP contribution in [0.3, 0.4) is 0 Å². The summed E-state index contributed by atoms with van der Waals surface area (Å²) in [5.74, 6) is -1.03. The monoisotopic (exact) mass is 338 g/mol. The van der Waals surface area contributed by atoms with Gasteiger partial charge < -0.3 is 5.11 Å². The van der Waals surface area contributed by atoms with Crippen molar-refractivity contribution in [2.75, 3.05) is 0 Å². The van der Waals surface area contributed by atoms with Gasteiger partial charge in [-0.3, -0.25) is 0 Å². The van der Waals surface area contributed by atoms with E-state index in [0.29, 0.717) is 6.07 Å². The minimum Gasteiger partial charge on any atom is -0.384 e. The summed E-state index contributed by atoms with van der Waals surface area (Å²) < 4.78 is 51.8. The fourth-order valence-corrected chi connectivity index (χ4v) is 2.18. The van der Waals surface area contributed by atoms with Crippen molar-refractivity contribution in [2.45, 2.75) is 12.3 Å². The maximum absolute atomic E-state index is 13.0. The van der Waals surface area contributed by atoms with Crippen LogP contribution < -0.4 is 0 Å². The lowest BCUT2D eigenvalue weighted by molar-refractivity contribution is -0.139. The Morgan fingerprint density at radius 1 is 0.952 bits per heavy atom. The summed E-state index contributed by atoms with van der Waals surface area (Å²) in [5.41, 5.74) is -1.56. The first kappa shape index (κ1) is 16.1. The van der Waals surface area contributed by atoms with Crippen molar-refractivity contribution in [1.29, 1.82) is 0 Å². The molecule has 0 aliphatic heterocycles. The Kier molecular flexibility index (Phi) is 4.46. The van der Waals surface area contributed by atoms with Crippen LogP contribution in [0.4, 0.5) is 17.6 Å². The molecule has 0 aliphatic carbocycles. The summed E-state index contributed by atoms with van der Waals surface area (Å²) in [7, 11) is 0. The summed E-state index contributed by atoms with van der Waals surface area (Å²) in [6.07, 6.45) is -6.38. The minimum atomic E-state index is -4.78. The quantitative estimate of drug-likeness (QED) is 0.743. The third-order valence-corrected chi connectivity index (χ3v) is 3.61. The van der Waals surface area contributed by atoms with Gasteiger partial charge in [0.2, 0.25) is 0 Å². The zero-order valence-corrected chi connectivity index (χ0v) is 11.8. The van der Waals surface area contributed by atoms with Crippen molar-refractivity contribution in [3.8, 4) is 0 Å². The largest absolute Gasteiger partial charge is 0.416 e. The number of hydrogen-bond acceptors (Lipinski definition) is 1. The number of aliphatic hydroxyl groups is 1. The zero-order chi connectivity index (χ0) is 15.8. The molecule has 0 bridgehead atoms. The summed E-state index contributed by atoms with van der Waals surface area (Å²) in [5, 5.41) is 10.4. The molecule has 1 unspecified atom stereocenters. The first-order valence-corrected chi connectivity index (χ1v) is 6.45. The van der Waals surface area contributed by atoms with Crippen LogP contribution in [0.25, 0.3) is 0 Å². The summed E-state index contributed by atoms with van der Waals surface area (Å²) >= 11 is 11.5. The minimum absolute atomic E-state index is 0.101. The maximum atomic E-state index is 13.0. The van der Waals surface area contributed by atoms with Gasteiger partial charge in [-0.1, -0.05) is 35.3 Å². The SMILES string of the molecule is OC(c1ccc(Cl)c(Cl)c1)c1ccc(F)cc1C(F)(F)F. The summed E-state index contributed by atoms with van der Waals surface area (Å²) in [6, 6.07) is 6.06. The smallest absolute Gasteiger partial charge is 0.384 e. The van der Waals surface area contributed by atoms with E-state index in [1.807, 2.05) is 0 Å². The Balaban J connectivity index is 2.52. The molecule has 112 valence electrons. The second-order valence-electron chi connectivity index (χ2n) is 4.31. The normalized spacial score (nSPS) is 13.3. The molecule has 21 heavy (non-hydrogen) atoms. The number of aliphatic hydroxyl groups excluding tert-OH is 1.